The van der Waals surface area contributed by atoms with Crippen LogP contribution in [-0.2, 0) is 4.74 Å². The highest BCUT2D eigenvalue weighted by Gasteiger charge is 2.13. The van der Waals surface area contributed by atoms with E-state index in [1.165, 1.54) is 10.9 Å². The predicted octanol–water partition coefficient (Wildman–Crippen LogP) is 3.73. The van der Waals surface area contributed by atoms with Gasteiger partial charge in [-0.25, -0.2) is 4.39 Å². The molecule has 0 amide bonds. The zero-order valence-electron chi connectivity index (χ0n) is 10.7. The Hall–Kier alpha value is -0.970. The molecule has 1 heterocycles. The van der Waals surface area contributed by atoms with Gasteiger partial charge in [-0.3, -0.25) is 0 Å². The molecule has 0 aliphatic heterocycles. The Morgan fingerprint density at radius 3 is 2.94 bits per heavy atom. The molecule has 0 saturated carbocycles. The van der Waals surface area contributed by atoms with Crippen molar-refractivity contribution in [3.05, 3.63) is 35.0 Å². The van der Waals surface area contributed by atoms with E-state index in [1.54, 1.807) is 24.5 Å². The Kier molecular flexibility index (Phi) is 4.69. The van der Waals surface area contributed by atoms with E-state index in [4.69, 9.17) is 4.74 Å². The number of ether oxygens (including phenoxy) is 1. The highest BCUT2D eigenvalue weighted by molar-refractivity contribution is 7.19. The maximum atomic E-state index is 13.2. The second kappa shape index (κ2) is 6.27. The van der Waals surface area contributed by atoms with Crippen molar-refractivity contribution in [2.75, 3.05) is 20.3 Å². The molecule has 2 nitrogen and oxygen atoms in total. The second-order valence-electron chi connectivity index (χ2n) is 4.29. The number of methoxy groups -OCH3 is 1. The Balaban J connectivity index is 2.26. The summed E-state index contributed by atoms with van der Waals surface area (Å²) < 4.78 is 19.5. The average molecular weight is 267 g/mol. The third-order valence-electron chi connectivity index (χ3n) is 2.81. The number of benzene rings is 1. The number of nitrogens with one attached hydrogen (secondary N) is 1. The lowest BCUT2D eigenvalue weighted by Crippen LogP contribution is -2.25. The van der Waals surface area contributed by atoms with Crippen LogP contribution in [0, 0.1) is 5.82 Å². The Labute approximate surface area is 111 Å². The molecular weight excluding hydrogens is 249 g/mol. The molecule has 0 saturated heterocycles. The molecule has 1 aromatic carbocycles. The minimum atomic E-state index is -0.184. The Bertz CT molecular complexity index is 511. The molecule has 1 unspecified atom stereocenters. The zero-order valence-corrected chi connectivity index (χ0v) is 11.5. The first kappa shape index (κ1) is 13.5. The van der Waals surface area contributed by atoms with Gasteiger partial charge in [0.15, 0.2) is 0 Å². The van der Waals surface area contributed by atoms with E-state index in [9.17, 15) is 4.39 Å². The summed E-state index contributed by atoms with van der Waals surface area (Å²) in [7, 11) is 1.70. The molecule has 2 aromatic rings. The van der Waals surface area contributed by atoms with Gasteiger partial charge in [-0.2, -0.15) is 0 Å². The van der Waals surface area contributed by atoms with Gasteiger partial charge in [0.2, 0.25) is 0 Å². The first-order valence-electron chi connectivity index (χ1n) is 6.16. The number of rotatable bonds is 6. The third kappa shape index (κ3) is 3.07. The number of fused-ring (bicyclic) bond motifs is 1. The summed E-state index contributed by atoms with van der Waals surface area (Å²) in [5.74, 6) is -0.184. The fourth-order valence-electron chi connectivity index (χ4n) is 1.93. The molecule has 18 heavy (non-hydrogen) atoms. The van der Waals surface area contributed by atoms with Gasteiger partial charge in [-0.1, -0.05) is 6.92 Å². The molecule has 0 bridgehead atoms. The summed E-state index contributed by atoms with van der Waals surface area (Å²) in [5, 5.41) is 4.42. The van der Waals surface area contributed by atoms with Gasteiger partial charge in [0.25, 0.3) is 0 Å². The van der Waals surface area contributed by atoms with Crippen molar-refractivity contribution in [2.24, 2.45) is 0 Å². The molecule has 0 radical (unpaired) electrons. The average Bonchev–Trinajstić information content (AvgIpc) is 2.77. The van der Waals surface area contributed by atoms with Crippen molar-refractivity contribution in [3.63, 3.8) is 0 Å². The van der Waals surface area contributed by atoms with E-state index in [2.05, 4.69) is 18.3 Å². The highest BCUT2D eigenvalue weighted by atomic mass is 32.1. The van der Waals surface area contributed by atoms with Crippen molar-refractivity contribution < 1.29 is 9.13 Å². The summed E-state index contributed by atoms with van der Waals surface area (Å²) in [5.41, 5.74) is 0. The molecule has 1 N–H and O–H groups in total. The van der Waals surface area contributed by atoms with Gasteiger partial charge in [-0.15, -0.1) is 11.3 Å². The van der Waals surface area contributed by atoms with Crippen LogP contribution in [0.3, 0.4) is 0 Å². The fourth-order valence-corrected chi connectivity index (χ4v) is 3.04. The van der Waals surface area contributed by atoms with Crippen LogP contribution in [0.4, 0.5) is 4.39 Å². The standard InChI is InChI=1S/C14H18FNOS/c1-3-6-16-12(9-17-2)14-8-10-7-11(15)4-5-13(10)18-14/h4-5,7-8,12,16H,3,6,9H2,1-2H3. The number of hydrogen-bond acceptors (Lipinski definition) is 3. The minimum absolute atomic E-state index is 0.184. The van der Waals surface area contributed by atoms with Gasteiger partial charge in [0.1, 0.15) is 5.82 Å². The predicted molar refractivity (Wildman–Crippen MR) is 74.7 cm³/mol. The lowest BCUT2D eigenvalue weighted by atomic mass is 10.2. The normalized spacial score (nSPS) is 13.1. The van der Waals surface area contributed by atoms with E-state index in [0.717, 1.165) is 23.1 Å². The van der Waals surface area contributed by atoms with E-state index >= 15 is 0 Å². The molecule has 1 aromatic heterocycles. The molecule has 1 atom stereocenters. The van der Waals surface area contributed by atoms with Crippen molar-refractivity contribution in [1.29, 1.82) is 0 Å². The van der Waals surface area contributed by atoms with Crippen LogP contribution in [0.25, 0.3) is 10.1 Å². The summed E-state index contributed by atoms with van der Waals surface area (Å²) >= 11 is 1.70. The molecule has 2 rings (SSSR count). The lowest BCUT2D eigenvalue weighted by Gasteiger charge is -2.15. The van der Waals surface area contributed by atoms with Crippen LogP contribution < -0.4 is 5.32 Å². The second-order valence-corrected chi connectivity index (χ2v) is 5.41. The fraction of sp³-hybridized carbons (Fsp3) is 0.429. The topological polar surface area (TPSA) is 21.3 Å². The van der Waals surface area contributed by atoms with Crippen LogP contribution in [0.5, 0.6) is 0 Å². The SMILES string of the molecule is CCCNC(COC)c1cc2cc(F)ccc2s1. The Morgan fingerprint density at radius 2 is 2.22 bits per heavy atom. The van der Waals surface area contributed by atoms with Crippen LogP contribution >= 0.6 is 11.3 Å². The van der Waals surface area contributed by atoms with E-state index < -0.39 is 0 Å². The molecule has 4 heteroatoms. The van der Waals surface area contributed by atoms with E-state index in [1.807, 2.05) is 6.07 Å². The monoisotopic (exact) mass is 267 g/mol. The van der Waals surface area contributed by atoms with Gasteiger partial charge < -0.3 is 10.1 Å². The molecule has 0 aliphatic carbocycles. The number of halogens is 1. The summed E-state index contributed by atoms with van der Waals surface area (Å²) in [6.45, 7) is 3.73. The van der Waals surface area contributed by atoms with Crippen LogP contribution in [0.2, 0.25) is 0 Å². The third-order valence-corrected chi connectivity index (χ3v) is 4.04. The number of hydrogen-bond donors (Lipinski definition) is 1. The zero-order chi connectivity index (χ0) is 13.0. The molecule has 0 fully saturated rings. The quantitative estimate of drug-likeness (QED) is 0.861. The van der Waals surface area contributed by atoms with Crippen LogP contribution in [0.15, 0.2) is 24.3 Å². The summed E-state index contributed by atoms with van der Waals surface area (Å²) in [4.78, 5) is 1.20. The summed E-state index contributed by atoms with van der Waals surface area (Å²) in [6.07, 6.45) is 1.08. The minimum Gasteiger partial charge on any atom is -0.383 e. The van der Waals surface area contributed by atoms with Gasteiger partial charge >= 0.3 is 0 Å². The molecule has 98 valence electrons. The molecule has 0 spiro atoms. The van der Waals surface area contributed by atoms with Crippen molar-refractivity contribution in [2.45, 2.75) is 19.4 Å². The van der Waals surface area contributed by atoms with Crippen LogP contribution in [0.1, 0.15) is 24.3 Å². The maximum absolute atomic E-state index is 13.2. The number of thiophene rings is 1. The largest absolute Gasteiger partial charge is 0.383 e. The van der Waals surface area contributed by atoms with Crippen molar-refractivity contribution in [1.82, 2.24) is 5.32 Å². The van der Waals surface area contributed by atoms with Gasteiger partial charge in [0.05, 0.1) is 12.6 Å². The van der Waals surface area contributed by atoms with Crippen molar-refractivity contribution in [3.8, 4) is 0 Å². The Morgan fingerprint density at radius 1 is 1.39 bits per heavy atom. The van der Waals surface area contributed by atoms with Gasteiger partial charge in [-0.05, 0) is 42.6 Å². The molecule has 0 aliphatic rings. The van der Waals surface area contributed by atoms with Crippen molar-refractivity contribution >= 4 is 21.4 Å². The maximum Gasteiger partial charge on any atom is 0.123 e. The van der Waals surface area contributed by atoms with Gasteiger partial charge in [0, 0.05) is 16.7 Å². The smallest absolute Gasteiger partial charge is 0.123 e. The molecular formula is C14H18FNOS. The first-order valence-corrected chi connectivity index (χ1v) is 6.97. The van der Waals surface area contributed by atoms with Crippen LogP contribution in [-0.4, -0.2) is 20.3 Å². The highest BCUT2D eigenvalue weighted by Crippen LogP contribution is 2.30. The van der Waals surface area contributed by atoms with E-state index in [0.29, 0.717) is 6.61 Å². The first-order chi connectivity index (χ1) is 8.74. The lowest BCUT2D eigenvalue weighted by molar-refractivity contribution is 0.168. The van der Waals surface area contributed by atoms with E-state index in [-0.39, 0.29) is 11.9 Å². The summed E-state index contributed by atoms with van der Waals surface area (Å²) in [6, 6.07) is 7.17.